The quantitative estimate of drug-likeness (QED) is 0.685. The molecule has 0 saturated heterocycles. The number of nitrogens with zero attached hydrogens (tertiary/aromatic N) is 2. The SMILES string of the molecule is Cn1ccnc1CCC(CBr)(CBr)c1ccccc1. The lowest BCUT2D eigenvalue weighted by Crippen LogP contribution is -2.31. The van der Waals surface area contributed by atoms with E-state index in [4.69, 9.17) is 0 Å². The maximum atomic E-state index is 4.41. The van der Waals surface area contributed by atoms with Crippen LogP contribution in [0.4, 0.5) is 0 Å². The molecule has 0 spiro atoms. The number of hydrogen-bond acceptors (Lipinski definition) is 1. The maximum absolute atomic E-state index is 4.41. The van der Waals surface area contributed by atoms with Crippen LogP contribution in [-0.2, 0) is 18.9 Å². The molecule has 2 aromatic rings. The van der Waals surface area contributed by atoms with Gasteiger partial charge >= 0.3 is 0 Å². The van der Waals surface area contributed by atoms with Crippen molar-refractivity contribution in [2.24, 2.45) is 7.05 Å². The molecule has 1 aromatic heterocycles. The highest BCUT2D eigenvalue weighted by molar-refractivity contribution is 9.09. The van der Waals surface area contributed by atoms with Gasteiger partial charge in [0.25, 0.3) is 0 Å². The Hall–Kier alpha value is -0.610. The van der Waals surface area contributed by atoms with E-state index in [1.807, 2.05) is 12.4 Å². The fraction of sp³-hybridized carbons (Fsp3) is 0.400. The normalized spacial score (nSPS) is 11.7. The summed E-state index contributed by atoms with van der Waals surface area (Å²) in [6.45, 7) is 0. The molecule has 4 heteroatoms. The Morgan fingerprint density at radius 1 is 1.16 bits per heavy atom. The van der Waals surface area contributed by atoms with E-state index in [9.17, 15) is 0 Å². The smallest absolute Gasteiger partial charge is 0.108 e. The molecule has 0 fully saturated rings. The van der Waals surface area contributed by atoms with Crippen molar-refractivity contribution in [3.63, 3.8) is 0 Å². The number of imidazole rings is 1. The highest BCUT2D eigenvalue weighted by Crippen LogP contribution is 2.33. The van der Waals surface area contributed by atoms with Crippen LogP contribution in [0.2, 0.25) is 0 Å². The predicted molar refractivity (Wildman–Crippen MR) is 87.2 cm³/mol. The van der Waals surface area contributed by atoms with Crippen LogP contribution in [0.25, 0.3) is 0 Å². The van der Waals surface area contributed by atoms with E-state index in [-0.39, 0.29) is 5.41 Å². The van der Waals surface area contributed by atoms with Gasteiger partial charge in [-0.2, -0.15) is 0 Å². The van der Waals surface area contributed by atoms with Crippen LogP contribution in [0.3, 0.4) is 0 Å². The molecule has 0 bridgehead atoms. The number of aryl methyl sites for hydroxylation is 2. The van der Waals surface area contributed by atoms with Crippen LogP contribution < -0.4 is 0 Å². The van der Waals surface area contributed by atoms with Gasteiger partial charge in [-0.05, 0) is 12.0 Å². The van der Waals surface area contributed by atoms with Gasteiger partial charge in [-0.25, -0.2) is 4.98 Å². The lowest BCUT2D eigenvalue weighted by atomic mass is 9.80. The molecule has 1 heterocycles. The summed E-state index contributed by atoms with van der Waals surface area (Å²) in [5.41, 5.74) is 1.49. The van der Waals surface area contributed by atoms with Crippen molar-refractivity contribution >= 4 is 31.9 Å². The molecule has 0 unspecified atom stereocenters. The number of rotatable bonds is 6. The summed E-state index contributed by atoms with van der Waals surface area (Å²) in [4.78, 5) is 4.41. The predicted octanol–water partition coefficient (Wildman–Crippen LogP) is 4.08. The monoisotopic (exact) mass is 384 g/mol. The highest BCUT2D eigenvalue weighted by Gasteiger charge is 2.30. The molecule has 0 N–H and O–H groups in total. The molecule has 19 heavy (non-hydrogen) atoms. The van der Waals surface area contributed by atoms with E-state index in [0.717, 1.165) is 29.3 Å². The van der Waals surface area contributed by atoms with Gasteiger partial charge in [0.15, 0.2) is 0 Å². The second-order valence-corrected chi connectivity index (χ2v) is 5.99. The number of benzene rings is 1. The van der Waals surface area contributed by atoms with Gasteiger partial charge in [0.1, 0.15) is 5.82 Å². The molecule has 0 atom stereocenters. The summed E-state index contributed by atoms with van der Waals surface area (Å²) in [5.74, 6) is 1.14. The Morgan fingerprint density at radius 3 is 2.37 bits per heavy atom. The zero-order chi connectivity index (χ0) is 13.7. The second-order valence-electron chi connectivity index (χ2n) is 4.87. The average Bonchev–Trinajstić information content (AvgIpc) is 2.87. The lowest BCUT2D eigenvalue weighted by Gasteiger charge is -2.30. The first-order valence-corrected chi connectivity index (χ1v) is 8.60. The Morgan fingerprint density at radius 2 is 1.84 bits per heavy atom. The molecule has 0 aliphatic rings. The lowest BCUT2D eigenvalue weighted by molar-refractivity contribution is 0.493. The van der Waals surface area contributed by atoms with Crippen molar-refractivity contribution in [1.82, 2.24) is 9.55 Å². The molecule has 0 saturated carbocycles. The van der Waals surface area contributed by atoms with Gasteiger partial charge < -0.3 is 4.57 Å². The van der Waals surface area contributed by atoms with Gasteiger partial charge in [0.2, 0.25) is 0 Å². The van der Waals surface area contributed by atoms with Crippen LogP contribution in [0.1, 0.15) is 17.8 Å². The second kappa shape index (κ2) is 6.71. The fourth-order valence-electron chi connectivity index (χ4n) is 2.25. The zero-order valence-electron chi connectivity index (χ0n) is 11.0. The first-order chi connectivity index (χ1) is 9.22. The molecular formula is C15H18Br2N2. The number of halogens is 2. The van der Waals surface area contributed by atoms with Crippen LogP contribution in [0.5, 0.6) is 0 Å². The molecule has 102 valence electrons. The summed E-state index contributed by atoms with van der Waals surface area (Å²) in [5, 5.41) is 1.89. The van der Waals surface area contributed by atoms with Gasteiger partial charge in [0, 0.05) is 41.9 Å². The van der Waals surface area contributed by atoms with E-state index in [2.05, 4.69) is 78.8 Å². The largest absolute Gasteiger partial charge is 0.338 e. The minimum atomic E-state index is 0.118. The van der Waals surface area contributed by atoms with Crippen molar-refractivity contribution in [2.75, 3.05) is 10.7 Å². The number of alkyl halides is 2. The van der Waals surface area contributed by atoms with Crippen molar-refractivity contribution in [3.05, 3.63) is 54.1 Å². The number of hydrogen-bond donors (Lipinski definition) is 0. The van der Waals surface area contributed by atoms with Gasteiger partial charge in [0.05, 0.1) is 0 Å². The third-order valence-corrected chi connectivity index (χ3v) is 5.79. The summed E-state index contributed by atoms with van der Waals surface area (Å²) < 4.78 is 2.10. The Bertz CT molecular complexity index is 504. The molecule has 0 radical (unpaired) electrons. The molecule has 2 nitrogen and oxygen atoms in total. The van der Waals surface area contributed by atoms with Crippen LogP contribution >= 0.6 is 31.9 Å². The van der Waals surface area contributed by atoms with Crippen LogP contribution in [0, 0.1) is 0 Å². The van der Waals surface area contributed by atoms with Gasteiger partial charge in [-0.3, -0.25) is 0 Å². The van der Waals surface area contributed by atoms with Crippen molar-refractivity contribution in [1.29, 1.82) is 0 Å². The average molecular weight is 386 g/mol. The van der Waals surface area contributed by atoms with Crippen molar-refractivity contribution in [2.45, 2.75) is 18.3 Å². The van der Waals surface area contributed by atoms with E-state index >= 15 is 0 Å². The molecule has 1 aromatic carbocycles. The van der Waals surface area contributed by atoms with Gasteiger partial charge in [-0.1, -0.05) is 62.2 Å². The van der Waals surface area contributed by atoms with Crippen molar-refractivity contribution < 1.29 is 0 Å². The Kier molecular flexibility index (Phi) is 5.22. The van der Waals surface area contributed by atoms with E-state index in [0.29, 0.717) is 0 Å². The summed E-state index contributed by atoms with van der Waals surface area (Å²) in [6.07, 6.45) is 5.91. The summed E-state index contributed by atoms with van der Waals surface area (Å²) >= 11 is 7.39. The zero-order valence-corrected chi connectivity index (χ0v) is 14.2. The molecular weight excluding hydrogens is 368 g/mol. The summed E-state index contributed by atoms with van der Waals surface area (Å²) in [7, 11) is 2.05. The minimum Gasteiger partial charge on any atom is -0.338 e. The molecule has 0 aliphatic carbocycles. The van der Waals surface area contributed by atoms with E-state index in [1.165, 1.54) is 5.56 Å². The van der Waals surface area contributed by atoms with E-state index < -0.39 is 0 Å². The van der Waals surface area contributed by atoms with Gasteiger partial charge in [-0.15, -0.1) is 0 Å². The summed E-state index contributed by atoms with van der Waals surface area (Å²) in [6, 6.07) is 10.7. The number of aromatic nitrogens is 2. The molecule has 2 rings (SSSR count). The third-order valence-electron chi connectivity index (χ3n) is 3.65. The molecule has 0 aliphatic heterocycles. The van der Waals surface area contributed by atoms with Crippen LogP contribution in [0.15, 0.2) is 42.7 Å². The standard InChI is InChI=1S/C15H18Br2N2/c1-19-10-9-18-14(19)7-8-15(11-16,12-17)13-5-3-2-4-6-13/h2-6,9-10H,7-8,11-12H2,1H3. The van der Waals surface area contributed by atoms with E-state index in [1.54, 1.807) is 0 Å². The first kappa shape index (κ1) is 14.8. The fourth-order valence-corrected chi connectivity index (χ4v) is 4.38. The first-order valence-electron chi connectivity index (χ1n) is 6.35. The minimum absolute atomic E-state index is 0.118. The Balaban J connectivity index is 2.18. The molecule has 0 amide bonds. The Labute approximate surface area is 131 Å². The van der Waals surface area contributed by atoms with Crippen LogP contribution in [-0.4, -0.2) is 20.2 Å². The highest BCUT2D eigenvalue weighted by atomic mass is 79.9. The topological polar surface area (TPSA) is 17.8 Å². The maximum Gasteiger partial charge on any atom is 0.108 e. The third kappa shape index (κ3) is 3.29. The van der Waals surface area contributed by atoms with Crippen molar-refractivity contribution in [3.8, 4) is 0 Å².